The largest absolute Gasteiger partial charge is 0.354 e. The molecule has 3 heterocycles. The molecule has 35 heavy (non-hydrogen) atoms. The summed E-state index contributed by atoms with van der Waals surface area (Å²) in [5.74, 6) is 0.184. The fourth-order valence-electron chi connectivity index (χ4n) is 5.45. The summed E-state index contributed by atoms with van der Waals surface area (Å²) in [6.07, 6.45) is 20.1. The number of unbranched alkanes of at least 4 members (excludes halogenated alkanes) is 9. The summed E-state index contributed by atoms with van der Waals surface area (Å²) in [5.41, 5.74) is 1.18. The zero-order valence-electron chi connectivity index (χ0n) is 21.8. The third kappa shape index (κ3) is 9.72. The molecule has 1 unspecified atom stereocenters. The number of likely N-dealkylation sites (tertiary alicyclic amines) is 2. The molecular formula is C28H47ClN4O2. The number of rotatable bonds is 15. The Labute approximate surface area is 219 Å². The third-order valence-corrected chi connectivity index (χ3v) is 7.45. The number of halogens is 1. The summed E-state index contributed by atoms with van der Waals surface area (Å²) in [4.78, 5) is 34.5. The molecule has 0 saturated carbocycles. The Kier molecular flexibility index (Phi) is 14.3. The minimum absolute atomic E-state index is 0. The van der Waals surface area contributed by atoms with Gasteiger partial charge in [-0.25, -0.2) is 0 Å². The van der Waals surface area contributed by atoms with Crippen LogP contribution in [0, 0.1) is 0 Å². The van der Waals surface area contributed by atoms with E-state index in [-0.39, 0.29) is 36.3 Å². The molecule has 0 spiro atoms. The highest BCUT2D eigenvalue weighted by atomic mass is 35.5. The Morgan fingerprint density at radius 2 is 1.49 bits per heavy atom. The molecule has 2 saturated heterocycles. The van der Waals surface area contributed by atoms with Crippen molar-refractivity contribution in [2.45, 2.75) is 115 Å². The maximum Gasteiger partial charge on any atom is 0.242 e. The second-order valence-electron chi connectivity index (χ2n) is 10.1. The van der Waals surface area contributed by atoms with Crippen molar-refractivity contribution in [2.75, 3.05) is 19.6 Å². The zero-order valence-corrected chi connectivity index (χ0v) is 22.6. The molecule has 7 heteroatoms. The molecule has 1 aromatic heterocycles. The maximum absolute atomic E-state index is 13.4. The average molecular weight is 507 g/mol. The lowest BCUT2D eigenvalue weighted by Gasteiger charge is -2.31. The van der Waals surface area contributed by atoms with Gasteiger partial charge < -0.3 is 10.2 Å². The molecule has 6 nitrogen and oxygen atoms in total. The smallest absolute Gasteiger partial charge is 0.242 e. The van der Waals surface area contributed by atoms with E-state index in [1.165, 1.54) is 63.4 Å². The molecule has 2 fully saturated rings. The molecule has 1 N–H and O–H groups in total. The van der Waals surface area contributed by atoms with Crippen molar-refractivity contribution in [3.63, 3.8) is 0 Å². The van der Waals surface area contributed by atoms with Crippen LogP contribution in [0.25, 0.3) is 0 Å². The normalized spacial score (nSPS) is 20.1. The third-order valence-electron chi connectivity index (χ3n) is 7.45. The SMILES string of the molecule is CCCCCCCCCCCCNC(=O)C1CCCN1C(=O)[C@@H]1CCCN1Cc1ccncc1.Cl. The fourth-order valence-corrected chi connectivity index (χ4v) is 5.45. The van der Waals surface area contributed by atoms with Gasteiger partial charge in [-0.15, -0.1) is 12.4 Å². The van der Waals surface area contributed by atoms with Crippen molar-refractivity contribution < 1.29 is 9.59 Å². The molecule has 2 atom stereocenters. The highest BCUT2D eigenvalue weighted by Crippen LogP contribution is 2.26. The van der Waals surface area contributed by atoms with Crippen LogP contribution in [0.4, 0.5) is 0 Å². The van der Waals surface area contributed by atoms with Crippen molar-refractivity contribution in [3.8, 4) is 0 Å². The number of nitrogens with zero attached hydrogens (tertiary/aromatic N) is 3. The quantitative estimate of drug-likeness (QED) is 0.319. The summed E-state index contributed by atoms with van der Waals surface area (Å²) in [7, 11) is 0. The second kappa shape index (κ2) is 16.9. The summed E-state index contributed by atoms with van der Waals surface area (Å²) in [6.45, 7) is 5.39. The van der Waals surface area contributed by atoms with Crippen LogP contribution in [-0.2, 0) is 16.1 Å². The molecule has 0 aliphatic carbocycles. The predicted molar refractivity (Wildman–Crippen MR) is 145 cm³/mol. The van der Waals surface area contributed by atoms with E-state index >= 15 is 0 Å². The fraction of sp³-hybridized carbons (Fsp3) is 0.750. The maximum atomic E-state index is 13.4. The summed E-state index contributed by atoms with van der Waals surface area (Å²) >= 11 is 0. The number of carbonyl (C=O) groups excluding carboxylic acids is 2. The van der Waals surface area contributed by atoms with Crippen LogP contribution in [0.1, 0.15) is 102 Å². The number of nitrogens with one attached hydrogen (secondary N) is 1. The first kappa shape index (κ1) is 29.6. The summed E-state index contributed by atoms with van der Waals surface area (Å²) in [5, 5.41) is 3.12. The van der Waals surface area contributed by atoms with E-state index in [9.17, 15) is 9.59 Å². The number of hydrogen-bond donors (Lipinski definition) is 1. The van der Waals surface area contributed by atoms with E-state index < -0.39 is 0 Å². The van der Waals surface area contributed by atoms with Crippen LogP contribution in [0.2, 0.25) is 0 Å². The molecule has 2 aliphatic rings. The second-order valence-corrected chi connectivity index (χ2v) is 10.1. The van der Waals surface area contributed by atoms with Crippen molar-refractivity contribution in [1.29, 1.82) is 0 Å². The van der Waals surface area contributed by atoms with Gasteiger partial charge in [-0.3, -0.25) is 19.5 Å². The van der Waals surface area contributed by atoms with Crippen LogP contribution in [-0.4, -0.2) is 58.3 Å². The first-order valence-electron chi connectivity index (χ1n) is 13.9. The Hall–Kier alpha value is -1.66. The van der Waals surface area contributed by atoms with Crippen LogP contribution in [0.5, 0.6) is 0 Å². The number of carbonyl (C=O) groups is 2. The number of aromatic nitrogens is 1. The Morgan fingerprint density at radius 1 is 0.886 bits per heavy atom. The molecule has 0 bridgehead atoms. The van der Waals surface area contributed by atoms with Gasteiger partial charge in [-0.1, -0.05) is 64.7 Å². The predicted octanol–water partition coefficient (Wildman–Crippen LogP) is 5.50. The molecule has 2 amide bonds. The first-order valence-corrected chi connectivity index (χ1v) is 13.9. The molecule has 1 aromatic rings. The van der Waals surface area contributed by atoms with Crippen molar-refractivity contribution in [1.82, 2.24) is 20.1 Å². The highest BCUT2D eigenvalue weighted by molar-refractivity contribution is 5.90. The molecule has 0 radical (unpaired) electrons. The molecule has 3 rings (SSSR count). The van der Waals surface area contributed by atoms with E-state index in [1.54, 1.807) is 12.4 Å². The summed E-state index contributed by atoms with van der Waals surface area (Å²) < 4.78 is 0. The van der Waals surface area contributed by atoms with Crippen LogP contribution in [0.15, 0.2) is 24.5 Å². The Balaban J connectivity index is 0.00000432. The minimum Gasteiger partial charge on any atom is -0.354 e. The van der Waals surface area contributed by atoms with E-state index in [0.717, 1.165) is 51.7 Å². The van der Waals surface area contributed by atoms with Gasteiger partial charge in [0.2, 0.25) is 11.8 Å². The lowest BCUT2D eigenvalue weighted by molar-refractivity contribution is -0.142. The Bertz CT molecular complexity index is 733. The lowest BCUT2D eigenvalue weighted by Crippen LogP contribution is -2.51. The van der Waals surface area contributed by atoms with Gasteiger partial charge in [-0.2, -0.15) is 0 Å². The topological polar surface area (TPSA) is 65.5 Å². The van der Waals surface area contributed by atoms with Gasteiger partial charge in [-0.05, 0) is 56.3 Å². The minimum atomic E-state index is -0.293. The van der Waals surface area contributed by atoms with Crippen LogP contribution < -0.4 is 5.32 Å². The average Bonchev–Trinajstić information content (AvgIpc) is 3.53. The van der Waals surface area contributed by atoms with E-state index in [0.29, 0.717) is 6.54 Å². The first-order chi connectivity index (χ1) is 16.7. The van der Waals surface area contributed by atoms with Crippen molar-refractivity contribution in [2.24, 2.45) is 0 Å². The Morgan fingerprint density at radius 3 is 2.17 bits per heavy atom. The van der Waals surface area contributed by atoms with Gasteiger partial charge in [0, 0.05) is 32.0 Å². The highest BCUT2D eigenvalue weighted by Gasteiger charge is 2.40. The standard InChI is InChI=1S/C28H46N4O2.ClH/c1-2-3-4-5-6-7-8-9-10-11-18-30-27(33)25-14-13-22-32(25)28(34)26-15-12-21-31(26)23-24-16-19-29-20-17-24;/h16-17,19-20,25-26H,2-15,18,21-23H2,1H3,(H,30,33);1H/t25?,26-;/m0./s1. The van der Waals surface area contributed by atoms with Crippen LogP contribution >= 0.6 is 12.4 Å². The van der Waals surface area contributed by atoms with E-state index in [4.69, 9.17) is 0 Å². The monoisotopic (exact) mass is 506 g/mol. The number of hydrogen-bond acceptors (Lipinski definition) is 4. The molecule has 198 valence electrons. The zero-order chi connectivity index (χ0) is 24.0. The van der Waals surface area contributed by atoms with Gasteiger partial charge >= 0.3 is 0 Å². The lowest BCUT2D eigenvalue weighted by atomic mass is 10.1. The molecule has 0 aromatic carbocycles. The van der Waals surface area contributed by atoms with E-state index in [2.05, 4.69) is 22.1 Å². The summed E-state index contributed by atoms with van der Waals surface area (Å²) in [6, 6.07) is 3.63. The number of pyridine rings is 1. The van der Waals surface area contributed by atoms with Gasteiger partial charge in [0.05, 0.1) is 6.04 Å². The van der Waals surface area contributed by atoms with Crippen molar-refractivity contribution in [3.05, 3.63) is 30.1 Å². The van der Waals surface area contributed by atoms with Gasteiger partial charge in [0.15, 0.2) is 0 Å². The molecule has 2 aliphatic heterocycles. The van der Waals surface area contributed by atoms with E-state index in [1.807, 2.05) is 17.0 Å². The van der Waals surface area contributed by atoms with Crippen LogP contribution in [0.3, 0.4) is 0 Å². The van der Waals surface area contributed by atoms with Crippen molar-refractivity contribution >= 4 is 24.2 Å². The number of amides is 2. The molecular weight excluding hydrogens is 460 g/mol. The van der Waals surface area contributed by atoms with Gasteiger partial charge in [0.25, 0.3) is 0 Å². The van der Waals surface area contributed by atoms with Gasteiger partial charge in [0.1, 0.15) is 6.04 Å².